The van der Waals surface area contributed by atoms with E-state index in [1.165, 1.54) is 4.31 Å². The first-order valence-electron chi connectivity index (χ1n) is 7.14. The van der Waals surface area contributed by atoms with Crippen molar-refractivity contribution >= 4 is 15.9 Å². The number of rotatable bonds is 3. The van der Waals surface area contributed by atoms with Gasteiger partial charge < -0.3 is 4.90 Å². The van der Waals surface area contributed by atoms with Gasteiger partial charge in [-0.1, -0.05) is 12.8 Å². The summed E-state index contributed by atoms with van der Waals surface area (Å²) in [6.45, 7) is 3.08. The van der Waals surface area contributed by atoms with Crippen molar-refractivity contribution in [1.82, 2.24) is 9.21 Å². The highest BCUT2D eigenvalue weighted by Gasteiger charge is 2.44. The molecule has 0 unspecified atom stereocenters. The lowest BCUT2D eigenvalue weighted by molar-refractivity contribution is -0.140. The minimum absolute atomic E-state index is 0.0864. The summed E-state index contributed by atoms with van der Waals surface area (Å²) >= 11 is 0. The second kappa shape index (κ2) is 5.70. The van der Waals surface area contributed by atoms with E-state index in [2.05, 4.69) is 6.07 Å². The van der Waals surface area contributed by atoms with Crippen LogP contribution in [0.1, 0.15) is 32.6 Å². The van der Waals surface area contributed by atoms with Gasteiger partial charge in [0.25, 0.3) is 0 Å². The molecule has 1 heterocycles. The molecule has 0 radical (unpaired) electrons. The Morgan fingerprint density at radius 2 is 1.75 bits per heavy atom. The molecule has 0 atom stereocenters. The van der Waals surface area contributed by atoms with E-state index in [-0.39, 0.29) is 11.7 Å². The van der Waals surface area contributed by atoms with Crippen molar-refractivity contribution in [3.05, 3.63) is 0 Å². The van der Waals surface area contributed by atoms with Crippen molar-refractivity contribution in [2.75, 3.05) is 31.9 Å². The van der Waals surface area contributed by atoms with Gasteiger partial charge in [0.1, 0.15) is 5.41 Å². The predicted octanol–water partition coefficient (Wildman–Crippen LogP) is 0.564. The van der Waals surface area contributed by atoms with E-state index in [9.17, 15) is 18.5 Å². The molecule has 112 valence electrons. The smallest absolute Gasteiger partial charge is 0.243 e. The lowest BCUT2D eigenvalue weighted by Crippen LogP contribution is -2.53. The van der Waals surface area contributed by atoms with Gasteiger partial charge in [0.2, 0.25) is 15.9 Å². The maximum absolute atomic E-state index is 12.5. The quantitative estimate of drug-likeness (QED) is 0.762. The number of amides is 1. The summed E-state index contributed by atoms with van der Waals surface area (Å²) in [6.07, 6.45) is 3.11. The van der Waals surface area contributed by atoms with Crippen LogP contribution < -0.4 is 0 Å². The van der Waals surface area contributed by atoms with Crippen LogP contribution in [-0.2, 0) is 14.8 Å². The minimum Gasteiger partial charge on any atom is -0.339 e. The first-order valence-corrected chi connectivity index (χ1v) is 8.74. The van der Waals surface area contributed by atoms with Crippen molar-refractivity contribution < 1.29 is 13.2 Å². The maximum atomic E-state index is 12.5. The van der Waals surface area contributed by atoms with Crippen LogP contribution in [0, 0.1) is 16.7 Å². The zero-order valence-corrected chi connectivity index (χ0v) is 12.7. The standard InChI is InChI=1S/C13H21N3O3S/c1-2-20(18,19)16-9-7-15(8-10-16)12(17)13(11-14)5-3-4-6-13/h2-10H2,1H3. The summed E-state index contributed by atoms with van der Waals surface area (Å²) in [4.78, 5) is 14.2. The van der Waals surface area contributed by atoms with E-state index in [1.54, 1.807) is 11.8 Å². The lowest BCUT2D eigenvalue weighted by Gasteiger charge is -2.36. The molecule has 2 rings (SSSR count). The summed E-state index contributed by atoms with van der Waals surface area (Å²) in [5.41, 5.74) is -0.855. The Hall–Kier alpha value is -1.13. The molecule has 20 heavy (non-hydrogen) atoms. The largest absolute Gasteiger partial charge is 0.339 e. The van der Waals surface area contributed by atoms with Crippen LogP contribution in [0.25, 0.3) is 0 Å². The molecule has 0 bridgehead atoms. The summed E-state index contributed by atoms with van der Waals surface area (Å²) in [5, 5.41) is 9.33. The van der Waals surface area contributed by atoms with Crippen molar-refractivity contribution in [1.29, 1.82) is 5.26 Å². The molecule has 1 saturated carbocycles. The number of nitrogens with zero attached hydrogens (tertiary/aromatic N) is 3. The Labute approximate surface area is 120 Å². The number of nitriles is 1. The van der Waals surface area contributed by atoms with Crippen molar-refractivity contribution in [2.45, 2.75) is 32.6 Å². The maximum Gasteiger partial charge on any atom is 0.243 e. The highest BCUT2D eigenvalue weighted by atomic mass is 32.2. The van der Waals surface area contributed by atoms with Gasteiger partial charge in [0.15, 0.2) is 0 Å². The number of piperazine rings is 1. The van der Waals surface area contributed by atoms with Gasteiger partial charge in [-0.25, -0.2) is 8.42 Å². The molecule has 0 aromatic carbocycles. The van der Waals surface area contributed by atoms with E-state index in [4.69, 9.17) is 0 Å². The van der Waals surface area contributed by atoms with E-state index in [1.807, 2.05) is 0 Å². The van der Waals surface area contributed by atoms with Crippen LogP contribution in [0.4, 0.5) is 0 Å². The fraction of sp³-hybridized carbons (Fsp3) is 0.846. The molecule has 2 fully saturated rings. The van der Waals surface area contributed by atoms with Crippen LogP contribution >= 0.6 is 0 Å². The third-order valence-corrected chi connectivity index (χ3v) is 6.25. The first kappa shape index (κ1) is 15.3. The number of hydrogen-bond donors (Lipinski definition) is 0. The summed E-state index contributed by atoms with van der Waals surface area (Å²) in [6, 6.07) is 2.20. The molecular weight excluding hydrogens is 278 g/mol. The van der Waals surface area contributed by atoms with Gasteiger partial charge in [-0.3, -0.25) is 4.79 Å². The topological polar surface area (TPSA) is 81.5 Å². The van der Waals surface area contributed by atoms with E-state index in [0.29, 0.717) is 39.0 Å². The normalized spacial score (nSPS) is 23.5. The summed E-state index contributed by atoms with van der Waals surface area (Å²) < 4.78 is 25.0. The Morgan fingerprint density at radius 1 is 1.20 bits per heavy atom. The Bertz CT molecular complexity index is 509. The molecule has 7 heteroatoms. The predicted molar refractivity (Wildman–Crippen MR) is 74.1 cm³/mol. The van der Waals surface area contributed by atoms with Crippen LogP contribution in [0.15, 0.2) is 0 Å². The Balaban J connectivity index is 2.01. The Morgan fingerprint density at radius 3 is 2.20 bits per heavy atom. The fourth-order valence-corrected chi connectivity index (χ4v) is 4.09. The van der Waals surface area contributed by atoms with Crippen LogP contribution in [0.2, 0.25) is 0 Å². The second-order valence-electron chi connectivity index (χ2n) is 5.49. The third kappa shape index (κ3) is 2.67. The molecule has 2 aliphatic rings. The van der Waals surface area contributed by atoms with Gasteiger partial charge in [-0.15, -0.1) is 0 Å². The first-order chi connectivity index (χ1) is 9.45. The van der Waals surface area contributed by atoms with Crippen molar-refractivity contribution in [3.63, 3.8) is 0 Å². The summed E-state index contributed by atoms with van der Waals surface area (Å²) in [7, 11) is -3.18. The fourth-order valence-electron chi connectivity index (χ4n) is 3.01. The van der Waals surface area contributed by atoms with E-state index < -0.39 is 15.4 Å². The molecule has 0 aromatic rings. The van der Waals surface area contributed by atoms with Crippen LogP contribution in [-0.4, -0.2) is 55.5 Å². The summed E-state index contributed by atoms with van der Waals surface area (Å²) in [5.74, 6) is -0.0191. The average molecular weight is 299 g/mol. The highest BCUT2D eigenvalue weighted by molar-refractivity contribution is 7.89. The van der Waals surface area contributed by atoms with Gasteiger partial charge in [-0.2, -0.15) is 9.57 Å². The number of hydrogen-bond acceptors (Lipinski definition) is 4. The average Bonchev–Trinajstić information content (AvgIpc) is 2.96. The van der Waals surface area contributed by atoms with Gasteiger partial charge in [0.05, 0.1) is 11.8 Å². The number of carbonyl (C=O) groups excluding carboxylic acids is 1. The highest BCUT2D eigenvalue weighted by Crippen LogP contribution is 2.39. The lowest BCUT2D eigenvalue weighted by atomic mass is 9.86. The monoisotopic (exact) mass is 299 g/mol. The minimum atomic E-state index is -3.18. The van der Waals surface area contributed by atoms with E-state index >= 15 is 0 Å². The van der Waals surface area contributed by atoms with Crippen LogP contribution in [0.3, 0.4) is 0 Å². The molecule has 6 nitrogen and oxygen atoms in total. The molecule has 1 aliphatic heterocycles. The van der Waals surface area contributed by atoms with Gasteiger partial charge >= 0.3 is 0 Å². The van der Waals surface area contributed by atoms with E-state index in [0.717, 1.165) is 12.8 Å². The molecule has 0 N–H and O–H groups in total. The van der Waals surface area contributed by atoms with Gasteiger partial charge in [-0.05, 0) is 19.8 Å². The number of carbonyl (C=O) groups is 1. The SMILES string of the molecule is CCS(=O)(=O)N1CCN(C(=O)C2(C#N)CCCC2)CC1. The molecular formula is C13H21N3O3S. The molecule has 1 aliphatic carbocycles. The van der Waals surface area contributed by atoms with Crippen molar-refractivity contribution in [2.24, 2.45) is 5.41 Å². The van der Waals surface area contributed by atoms with Crippen LogP contribution in [0.5, 0.6) is 0 Å². The molecule has 1 saturated heterocycles. The Kier molecular flexibility index (Phi) is 4.35. The zero-order chi connectivity index (χ0) is 14.8. The molecule has 1 amide bonds. The third-order valence-electron chi connectivity index (χ3n) is 4.36. The second-order valence-corrected chi connectivity index (χ2v) is 7.75. The number of sulfonamides is 1. The molecule has 0 spiro atoms. The molecule has 0 aromatic heterocycles. The van der Waals surface area contributed by atoms with Gasteiger partial charge in [0, 0.05) is 26.2 Å². The zero-order valence-electron chi connectivity index (χ0n) is 11.8. The van der Waals surface area contributed by atoms with Crippen molar-refractivity contribution in [3.8, 4) is 6.07 Å².